The average Bonchev–Trinajstić information content (AvgIpc) is 3.21. The number of pyridine rings is 1. The van der Waals surface area contributed by atoms with Crippen LogP contribution < -0.4 is 15.1 Å². The number of aromatic amines is 1. The normalized spacial score (nSPS) is 11.4. The summed E-state index contributed by atoms with van der Waals surface area (Å²) in [6.45, 7) is 5.35. The van der Waals surface area contributed by atoms with Gasteiger partial charge in [0, 0.05) is 42.9 Å². The van der Waals surface area contributed by atoms with Gasteiger partial charge in [0.05, 0.1) is 12.8 Å². The van der Waals surface area contributed by atoms with Gasteiger partial charge in [-0.1, -0.05) is 32.0 Å². The molecule has 0 saturated heterocycles. The molecule has 0 aliphatic rings. The zero-order valence-electron chi connectivity index (χ0n) is 18.6. The molecule has 172 valence electrons. The first-order chi connectivity index (χ1) is 15.6. The Hall–Kier alpha value is -3.20. The Morgan fingerprint density at radius 2 is 1.88 bits per heavy atom. The second-order valence-electron chi connectivity index (χ2n) is 7.23. The SMILES string of the molecule is CCCN(CCC)c1nc(N/N=C/c2c[nH]c3ccccc23)c(F)c(OCCOC)c1F. The lowest BCUT2D eigenvalue weighted by atomic mass is 10.2. The van der Waals surface area contributed by atoms with Crippen molar-refractivity contribution in [3.63, 3.8) is 0 Å². The van der Waals surface area contributed by atoms with Crippen molar-refractivity contribution in [1.29, 1.82) is 0 Å². The van der Waals surface area contributed by atoms with Crippen molar-refractivity contribution < 1.29 is 18.3 Å². The molecule has 0 atom stereocenters. The molecule has 0 amide bonds. The van der Waals surface area contributed by atoms with Crippen molar-refractivity contribution in [3.05, 3.63) is 47.7 Å². The zero-order valence-corrected chi connectivity index (χ0v) is 18.6. The number of rotatable bonds is 12. The molecule has 1 aromatic carbocycles. The molecule has 0 radical (unpaired) electrons. The fraction of sp³-hybridized carbons (Fsp3) is 0.391. The molecule has 0 spiro atoms. The maximum Gasteiger partial charge on any atom is 0.212 e. The summed E-state index contributed by atoms with van der Waals surface area (Å²) >= 11 is 0. The monoisotopic (exact) mass is 445 g/mol. The van der Waals surface area contributed by atoms with Gasteiger partial charge in [-0.05, 0) is 18.9 Å². The Morgan fingerprint density at radius 3 is 2.59 bits per heavy atom. The van der Waals surface area contributed by atoms with Gasteiger partial charge in [-0.2, -0.15) is 13.9 Å². The van der Waals surface area contributed by atoms with E-state index in [0.29, 0.717) is 13.1 Å². The third-order valence-electron chi connectivity index (χ3n) is 4.84. The van der Waals surface area contributed by atoms with E-state index in [4.69, 9.17) is 9.47 Å². The molecule has 0 bridgehead atoms. The molecular formula is C23H29F2N5O2. The smallest absolute Gasteiger partial charge is 0.212 e. The van der Waals surface area contributed by atoms with E-state index in [0.717, 1.165) is 29.3 Å². The minimum atomic E-state index is -0.939. The highest BCUT2D eigenvalue weighted by Gasteiger charge is 2.25. The number of benzene rings is 1. The molecule has 0 aliphatic heterocycles. The number of fused-ring (bicyclic) bond motifs is 1. The molecular weight excluding hydrogens is 416 g/mol. The zero-order chi connectivity index (χ0) is 22.9. The van der Waals surface area contributed by atoms with Gasteiger partial charge in [0.1, 0.15) is 6.61 Å². The van der Waals surface area contributed by atoms with Gasteiger partial charge in [-0.25, -0.2) is 4.98 Å². The fourth-order valence-corrected chi connectivity index (χ4v) is 3.37. The van der Waals surface area contributed by atoms with E-state index in [1.54, 1.807) is 17.3 Å². The van der Waals surface area contributed by atoms with Crippen molar-refractivity contribution in [2.45, 2.75) is 26.7 Å². The van der Waals surface area contributed by atoms with Crippen LogP contribution in [0.1, 0.15) is 32.3 Å². The number of para-hydroxylation sites is 1. The first-order valence-corrected chi connectivity index (χ1v) is 10.7. The highest BCUT2D eigenvalue weighted by atomic mass is 19.1. The van der Waals surface area contributed by atoms with E-state index < -0.39 is 17.4 Å². The number of hydrogen-bond donors (Lipinski definition) is 2. The van der Waals surface area contributed by atoms with Crippen molar-refractivity contribution in [2.24, 2.45) is 5.10 Å². The minimum absolute atomic E-state index is 0.00734. The van der Waals surface area contributed by atoms with Crippen molar-refractivity contribution >= 4 is 28.8 Å². The lowest BCUT2D eigenvalue weighted by Crippen LogP contribution is -2.28. The highest BCUT2D eigenvalue weighted by molar-refractivity contribution is 5.99. The standard InChI is InChI=1S/C23H29F2N5O2/c1-4-10-30(11-5-2)23-20(25)21(32-13-12-31-3)19(24)22(28-23)29-27-15-16-14-26-18-9-7-6-8-17(16)18/h6-9,14-15,26H,4-5,10-13H2,1-3H3,(H,28,29)/b27-15+. The van der Waals surface area contributed by atoms with Gasteiger partial charge < -0.3 is 19.4 Å². The summed E-state index contributed by atoms with van der Waals surface area (Å²) in [7, 11) is 1.49. The average molecular weight is 446 g/mol. The van der Waals surface area contributed by atoms with Crippen LogP contribution in [-0.2, 0) is 4.74 Å². The Labute approximate surface area is 186 Å². The summed E-state index contributed by atoms with van der Waals surface area (Å²) in [5, 5.41) is 5.11. The van der Waals surface area contributed by atoms with Crippen LogP contribution in [0, 0.1) is 11.6 Å². The summed E-state index contributed by atoms with van der Waals surface area (Å²) in [5.41, 5.74) is 4.41. The first kappa shape index (κ1) is 23.5. The number of nitrogens with one attached hydrogen (secondary N) is 2. The van der Waals surface area contributed by atoms with E-state index in [1.165, 1.54) is 7.11 Å². The summed E-state index contributed by atoms with van der Waals surface area (Å²) < 4.78 is 40.5. The fourth-order valence-electron chi connectivity index (χ4n) is 3.37. The van der Waals surface area contributed by atoms with Crippen LogP contribution in [0.2, 0.25) is 0 Å². The molecule has 7 nitrogen and oxygen atoms in total. The second-order valence-corrected chi connectivity index (χ2v) is 7.23. The Morgan fingerprint density at radius 1 is 1.12 bits per heavy atom. The van der Waals surface area contributed by atoms with Gasteiger partial charge >= 0.3 is 0 Å². The maximum absolute atomic E-state index is 15.2. The topological polar surface area (TPSA) is 74.8 Å². The maximum atomic E-state index is 15.2. The second kappa shape index (κ2) is 11.4. The highest BCUT2D eigenvalue weighted by Crippen LogP contribution is 2.33. The van der Waals surface area contributed by atoms with Crippen molar-refractivity contribution in [1.82, 2.24) is 9.97 Å². The molecule has 3 aromatic rings. The summed E-state index contributed by atoms with van der Waals surface area (Å²) in [4.78, 5) is 9.14. The van der Waals surface area contributed by atoms with E-state index in [9.17, 15) is 0 Å². The molecule has 0 unspecified atom stereocenters. The van der Waals surface area contributed by atoms with Crippen LogP contribution in [0.15, 0.2) is 35.6 Å². The molecule has 0 fully saturated rings. The molecule has 3 rings (SSSR count). The molecule has 2 N–H and O–H groups in total. The van der Waals surface area contributed by atoms with Crippen LogP contribution in [-0.4, -0.2) is 49.6 Å². The van der Waals surface area contributed by atoms with Gasteiger partial charge in [-0.3, -0.25) is 5.43 Å². The number of ether oxygens (including phenoxy) is 2. The van der Waals surface area contributed by atoms with Crippen molar-refractivity contribution in [2.75, 3.05) is 43.7 Å². The molecule has 32 heavy (non-hydrogen) atoms. The summed E-state index contributed by atoms with van der Waals surface area (Å²) in [6, 6.07) is 7.76. The number of hydrazone groups is 1. The lowest BCUT2D eigenvalue weighted by Gasteiger charge is -2.24. The number of aromatic nitrogens is 2. The number of hydrogen-bond acceptors (Lipinski definition) is 6. The summed E-state index contributed by atoms with van der Waals surface area (Å²) in [6.07, 6.45) is 4.95. The van der Waals surface area contributed by atoms with E-state index >= 15 is 8.78 Å². The number of anilines is 2. The van der Waals surface area contributed by atoms with Gasteiger partial charge in [0.2, 0.25) is 11.6 Å². The van der Waals surface area contributed by atoms with E-state index in [1.807, 2.05) is 38.1 Å². The molecule has 0 aliphatic carbocycles. The number of H-pyrrole nitrogens is 1. The Bertz CT molecular complexity index is 1050. The predicted molar refractivity (Wildman–Crippen MR) is 124 cm³/mol. The van der Waals surface area contributed by atoms with E-state index in [2.05, 4.69) is 20.5 Å². The largest absolute Gasteiger partial charge is 0.485 e. The third-order valence-corrected chi connectivity index (χ3v) is 4.84. The summed E-state index contributed by atoms with van der Waals surface area (Å²) in [5.74, 6) is -2.43. The Balaban J connectivity index is 1.93. The lowest BCUT2D eigenvalue weighted by molar-refractivity contribution is 0.141. The molecule has 2 aromatic heterocycles. The van der Waals surface area contributed by atoms with Crippen LogP contribution in [0.5, 0.6) is 5.75 Å². The molecule has 2 heterocycles. The van der Waals surface area contributed by atoms with E-state index in [-0.39, 0.29) is 24.8 Å². The molecule has 9 heteroatoms. The van der Waals surface area contributed by atoms with Crippen LogP contribution >= 0.6 is 0 Å². The number of nitrogens with zero attached hydrogens (tertiary/aromatic N) is 3. The van der Waals surface area contributed by atoms with Crippen LogP contribution in [0.25, 0.3) is 10.9 Å². The van der Waals surface area contributed by atoms with Gasteiger partial charge in [0.15, 0.2) is 17.4 Å². The van der Waals surface area contributed by atoms with Crippen LogP contribution in [0.4, 0.5) is 20.4 Å². The quantitative estimate of drug-likeness (QED) is 0.235. The minimum Gasteiger partial charge on any atom is -0.485 e. The van der Waals surface area contributed by atoms with Crippen LogP contribution in [0.3, 0.4) is 0 Å². The first-order valence-electron chi connectivity index (χ1n) is 10.7. The number of halogens is 2. The Kier molecular flexibility index (Phi) is 8.38. The predicted octanol–water partition coefficient (Wildman–Crippen LogP) is 4.94. The van der Waals surface area contributed by atoms with Gasteiger partial charge in [-0.15, -0.1) is 0 Å². The third kappa shape index (κ3) is 5.34. The number of methoxy groups -OCH3 is 1. The molecule has 0 saturated carbocycles. The van der Waals surface area contributed by atoms with Gasteiger partial charge in [0.25, 0.3) is 0 Å². The van der Waals surface area contributed by atoms with Crippen molar-refractivity contribution in [3.8, 4) is 5.75 Å².